The normalized spacial score (nSPS) is 10.7. The van der Waals surface area contributed by atoms with Gasteiger partial charge in [0.1, 0.15) is 13.2 Å². The van der Waals surface area contributed by atoms with Crippen molar-refractivity contribution in [1.29, 1.82) is 5.26 Å². The summed E-state index contributed by atoms with van der Waals surface area (Å²) < 4.78 is 4.67. The average Bonchev–Trinajstić information content (AvgIpc) is 2.39. The molecule has 0 bridgehead atoms. The molecule has 0 radical (unpaired) electrons. The SMILES string of the molecule is CC(C)(C#N)c1ccc(NC(=O)COCC(=O)O)cc1. The Morgan fingerprint density at radius 3 is 2.40 bits per heavy atom. The third-order valence-electron chi connectivity index (χ3n) is 2.63. The molecule has 2 N–H and O–H groups in total. The van der Waals surface area contributed by atoms with E-state index in [1.807, 2.05) is 0 Å². The van der Waals surface area contributed by atoms with Gasteiger partial charge >= 0.3 is 5.97 Å². The Bertz CT molecular complexity index is 529. The van der Waals surface area contributed by atoms with Gasteiger partial charge in [-0.25, -0.2) is 4.79 Å². The van der Waals surface area contributed by atoms with Crippen molar-refractivity contribution in [3.05, 3.63) is 29.8 Å². The van der Waals surface area contributed by atoms with Crippen molar-refractivity contribution in [3.8, 4) is 6.07 Å². The summed E-state index contributed by atoms with van der Waals surface area (Å²) >= 11 is 0. The van der Waals surface area contributed by atoms with Gasteiger partial charge in [0.15, 0.2) is 0 Å². The predicted octanol–water partition coefficient (Wildman–Crippen LogP) is 1.53. The first-order valence-corrected chi connectivity index (χ1v) is 5.96. The van der Waals surface area contributed by atoms with E-state index < -0.39 is 23.9 Å². The van der Waals surface area contributed by atoms with Crippen molar-refractivity contribution in [2.45, 2.75) is 19.3 Å². The second kappa shape index (κ2) is 6.68. The average molecular weight is 276 g/mol. The molecular formula is C14H16N2O4. The molecule has 1 aromatic carbocycles. The smallest absolute Gasteiger partial charge is 0.329 e. The topological polar surface area (TPSA) is 99.4 Å². The van der Waals surface area contributed by atoms with Crippen LogP contribution in [0.15, 0.2) is 24.3 Å². The maximum atomic E-state index is 11.5. The molecule has 6 heteroatoms. The number of hydrogen-bond donors (Lipinski definition) is 2. The van der Waals surface area contributed by atoms with E-state index in [1.165, 1.54) is 0 Å². The molecule has 0 unspecified atom stereocenters. The zero-order valence-electron chi connectivity index (χ0n) is 11.3. The van der Waals surface area contributed by atoms with Crippen LogP contribution in [0.2, 0.25) is 0 Å². The lowest BCUT2D eigenvalue weighted by atomic mass is 9.86. The van der Waals surface area contributed by atoms with Crippen LogP contribution in [0.4, 0.5) is 5.69 Å². The molecule has 0 saturated carbocycles. The summed E-state index contributed by atoms with van der Waals surface area (Å²) in [5.74, 6) is -1.56. The highest BCUT2D eigenvalue weighted by molar-refractivity contribution is 5.91. The van der Waals surface area contributed by atoms with Crippen LogP contribution in [0, 0.1) is 11.3 Å². The standard InChI is InChI=1S/C14H16N2O4/c1-14(2,9-15)10-3-5-11(6-4-10)16-12(17)7-20-8-13(18)19/h3-6H,7-8H2,1-2H3,(H,16,17)(H,18,19). The second-order valence-electron chi connectivity index (χ2n) is 4.75. The summed E-state index contributed by atoms with van der Waals surface area (Å²) in [4.78, 5) is 21.7. The van der Waals surface area contributed by atoms with Gasteiger partial charge in [0.05, 0.1) is 11.5 Å². The summed E-state index contributed by atoms with van der Waals surface area (Å²) in [6, 6.07) is 9.08. The van der Waals surface area contributed by atoms with E-state index in [1.54, 1.807) is 38.1 Å². The monoisotopic (exact) mass is 276 g/mol. The van der Waals surface area contributed by atoms with Crippen LogP contribution in [0.5, 0.6) is 0 Å². The van der Waals surface area contributed by atoms with Crippen LogP contribution >= 0.6 is 0 Å². The van der Waals surface area contributed by atoms with Crippen LogP contribution in [-0.2, 0) is 19.7 Å². The minimum Gasteiger partial charge on any atom is -0.480 e. The molecule has 1 amide bonds. The first-order chi connectivity index (χ1) is 9.35. The molecule has 1 rings (SSSR count). The fourth-order valence-electron chi connectivity index (χ4n) is 1.46. The zero-order valence-corrected chi connectivity index (χ0v) is 11.3. The number of carboxylic acid groups (broad SMARTS) is 1. The van der Waals surface area contributed by atoms with Gasteiger partial charge in [-0.05, 0) is 31.5 Å². The highest BCUT2D eigenvalue weighted by Crippen LogP contribution is 2.23. The van der Waals surface area contributed by atoms with Gasteiger partial charge in [-0.3, -0.25) is 4.79 Å². The van der Waals surface area contributed by atoms with Gasteiger partial charge in [-0.1, -0.05) is 12.1 Å². The van der Waals surface area contributed by atoms with Crippen molar-refractivity contribution >= 4 is 17.6 Å². The Balaban J connectivity index is 2.56. The summed E-state index contributed by atoms with van der Waals surface area (Å²) in [6.45, 7) is 2.78. The fraction of sp³-hybridized carbons (Fsp3) is 0.357. The molecule has 0 saturated heterocycles. The minimum absolute atomic E-state index is 0.322. The lowest BCUT2D eigenvalue weighted by molar-refractivity contribution is -0.143. The minimum atomic E-state index is -1.12. The van der Waals surface area contributed by atoms with Crippen molar-refractivity contribution in [2.24, 2.45) is 0 Å². The number of rotatable bonds is 6. The van der Waals surface area contributed by atoms with Crippen molar-refractivity contribution in [2.75, 3.05) is 18.5 Å². The molecule has 0 aliphatic rings. The van der Waals surface area contributed by atoms with E-state index in [0.717, 1.165) is 5.56 Å². The van der Waals surface area contributed by atoms with Gasteiger partial charge in [-0.15, -0.1) is 0 Å². The first-order valence-electron chi connectivity index (χ1n) is 5.96. The Labute approximate surface area is 117 Å². The van der Waals surface area contributed by atoms with Crippen molar-refractivity contribution in [3.63, 3.8) is 0 Å². The Morgan fingerprint density at radius 2 is 1.90 bits per heavy atom. The lowest BCUT2D eigenvalue weighted by Gasteiger charge is -2.16. The number of nitriles is 1. The Hall–Kier alpha value is -2.39. The Morgan fingerprint density at radius 1 is 1.30 bits per heavy atom. The van der Waals surface area contributed by atoms with E-state index >= 15 is 0 Å². The molecule has 0 aromatic heterocycles. The molecule has 106 valence electrons. The summed E-state index contributed by atoms with van der Waals surface area (Å²) in [5, 5.41) is 20.0. The van der Waals surface area contributed by atoms with Crippen LogP contribution in [-0.4, -0.2) is 30.2 Å². The molecule has 0 heterocycles. The van der Waals surface area contributed by atoms with E-state index in [-0.39, 0.29) is 6.61 Å². The number of carbonyl (C=O) groups is 2. The summed E-state index contributed by atoms with van der Waals surface area (Å²) in [5.41, 5.74) is 0.819. The third kappa shape index (κ3) is 4.71. The number of anilines is 1. The van der Waals surface area contributed by atoms with Crippen LogP contribution in [0.1, 0.15) is 19.4 Å². The van der Waals surface area contributed by atoms with E-state index in [2.05, 4.69) is 16.1 Å². The van der Waals surface area contributed by atoms with Crippen LogP contribution < -0.4 is 5.32 Å². The van der Waals surface area contributed by atoms with E-state index in [0.29, 0.717) is 5.69 Å². The van der Waals surface area contributed by atoms with Gasteiger partial charge in [0.2, 0.25) is 5.91 Å². The largest absolute Gasteiger partial charge is 0.480 e. The summed E-state index contributed by atoms with van der Waals surface area (Å²) in [7, 11) is 0. The zero-order chi connectivity index (χ0) is 15.2. The van der Waals surface area contributed by atoms with Crippen molar-refractivity contribution in [1.82, 2.24) is 0 Å². The number of amides is 1. The molecule has 1 aromatic rings. The molecule has 0 spiro atoms. The number of benzene rings is 1. The number of hydrogen-bond acceptors (Lipinski definition) is 4. The molecule has 6 nitrogen and oxygen atoms in total. The van der Waals surface area contributed by atoms with Gasteiger partial charge < -0.3 is 15.2 Å². The maximum Gasteiger partial charge on any atom is 0.329 e. The molecule has 20 heavy (non-hydrogen) atoms. The first kappa shape index (κ1) is 15.7. The number of nitrogens with zero attached hydrogens (tertiary/aromatic N) is 1. The quantitative estimate of drug-likeness (QED) is 0.820. The molecule has 0 fully saturated rings. The lowest BCUT2D eigenvalue weighted by Crippen LogP contribution is -2.21. The predicted molar refractivity (Wildman–Crippen MR) is 72.2 cm³/mol. The van der Waals surface area contributed by atoms with Gasteiger partial charge in [0, 0.05) is 5.69 Å². The number of ether oxygens (including phenoxy) is 1. The highest BCUT2D eigenvalue weighted by atomic mass is 16.5. The number of nitrogens with one attached hydrogen (secondary N) is 1. The third-order valence-corrected chi connectivity index (χ3v) is 2.63. The number of carbonyl (C=O) groups excluding carboxylic acids is 1. The highest BCUT2D eigenvalue weighted by Gasteiger charge is 2.19. The van der Waals surface area contributed by atoms with Gasteiger partial charge in [-0.2, -0.15) is 5.26 Å². The second-order valence-corrected chi connectivity index (χ2v) is 4.75. The van der Waals surface area contributed by atoms with Gasteiger partial charge in [0.25, 0.3) is 0 Å². The fourth-order valence-corrected chi connectivity index (χ4v) is 1.46. The maximum absolute atomic E-state index is 11.5. The summed E-state index contributed by atoms with van der Waals surface area (Å²) in [6.07, 6.45) is 0. The van der Waals surface area contributed by atoms with Crippen molar-refractivity contribution < 1.29 is 19.4 Å². The van der Waals surface area contributed by atoms with Crippen LogP contribution in [0.3, 0.4) is 0 Å². The number of carboxylic acids is 1. The molecule has 0 atom stereocenters. The van der Waals surface area contributed by atoms with E-state index in [4.69, 9.17) is 10.4 Å². The molecule has 0 aliphatic carbocycles. The number of aliphatic carboxylic acids is 1. The van der Waals surface area contributed by atoms with Crippen LogP contribution in [0.25, 0.3) is 0 Å². The Kier molecular flexibility index (Phi) is 5.23. The van der Waals surface area contributed by atoms with E-state index in [9.17, 15) is 9.59 Å². The molecular weight excluding hydrogens is 260 g/mol. The molecule has 0 aliphatic heterocycles.